The number of methoxy groups -OCH3 is 1. The van der Waals surface area contributed by atoms with Crippen LogP contribution in [0.1, 0.15) is 34.2 Å². The van der Waals surface area contributed by atoms with Gasteiger partial charge in [-0.15, -0.1) is 0 Å². The van der Waals surface area contributed by atoms with Gasteiger partial charge in [-0.05, 0) is 72.7 Å². The number of aromatic nitrogens is 1. The van der Waals surface area contributed by atoms with E-state index in [4.69, 9.17) is 19.2 Å². The second kappa shape index (κ2) is 11.8. The summed E-state index contributed by atoms with van der Waals surface area (Å²) in [6.07, 6.45) is 1.21. The van der Waals surface area contributed by atoms with Gasteiger partial charge in [-0.2, -0.15) is 0 Å². The molecule has 4 heterocycles. The third kappa shape index (κ3) is 5.56. The molecule has 0 amide bonds. The van der Waals surface area contributed by atoms with Crippen molar-refractivity contribution in [3.63, 3.8) is 0 Å². The molecular weight excluding hydrogens is 518 g/mol. The van der Waals surface area contributed by atoms with Crippen LogP contribution in [0.3, 0.4) is 0 Å². The summed E-state index contributed by atoms with van der Waals surface area (Å²) >= 11 is 0. The van der Waals surface area contributed by atoms with E-state index in [0.717, 1.165) is 61.1 Å². The second-order valence-corrected chi connectivity index (χ2v) is 11.5. The van der Waals surface area contributed by atoms with Crippen LogP contribution in [0.15, 0.2) is 48.5 Å². The number of para-hydroxylation sites is 1. The van der Waals surface area contributed by atoms with Crippen molar-refractivity contribution in [3.8, 4) is 17.0 Å². The smallest absolute Gasteiger partial charge is 0.309 e. The van der Waals surface area contributed by atoms with Crippen LogP contribution in [0.25, 0.3) is 11.3 Å². The number of carboxylic acids is 1. The number of aryl methyl sites for hydroxylation is 1. The van der Waals surface area contributed by atoms with Crippen LogP contribution in [0.4, 0.5) is 5.82 Å². The van der Waals surface area contributed by atoms with Gasteiger partial charge in [0.1, 0.15) is 18.2 Å². The zero-order valence-corrected chi connectivity index (χ0v) is 24.1. The van der Waals surface area contributed by atoms with Gasteiger partial charge in [-0.1, -0.05) is 30.3 Å². The van der Waals surface area contributed by atoms with Crippen LogP contribution in [-0.2, 0) is 33.8 Å². The number of ether oxygens (including phenoxy) is 3. The lowest BCUT2D eigenvalue weighted by Gasteiger charge is -2.40. The molecule has 0 spiro atoms. The summed E-state index contributed by atoms with van der Waals surface area (Å²) in [5.41, 5.74) is 8.27. The van der Waals surface area contributed by atoms with Crippen LogP contribution in [0.5, 0.6) is 5.75 Å². The summed E-state index contributed by atoms with van der Waals surface area (Å²) < 4.78 is 17.5. The number of hydrogen-bond donors (Lipinski definition) is 1. The van der Waals surface area contributed by atoms with Gasteiger partial charge < -0.3 is 24.2 Å². The maximum atomic E-state index is 11.6. The molecule has 41 heavy (non-hydrogen) atoms. The highest BCUT2D eigenvalue weighted by molar-refractivity contribution is 5.72. The number of piperidine rings is 1. The minimum Gasteiger partial charge on any atom is -0.488 e. The monoisotopic (exact) mass is 557 g/mol. The number of fused-ring (bicyclic) bond motifs is 1. The first-order chi connectivity index (χ1) is 19.9. The van der Waals surface area contributed by atoms with Crippen LogP contribution < -0.4 is 9.64 Å². The molecule has 0 aliphatic carbocycles. The van der Waals surface area contributed by atoms with Crippen molar-refractivity contribution in [2.75, 3.05) is 44.9 Å². The lowest BCUT2D eigenvalue weighted by molar-refractivity contribution is -0.147. The number of carbonyl (C=O) groups is 1. The molecule has 1 N–H and O–H groups in total. The molecule has 2 saturated heterocycles. The summed E-state index contributed by atoms with van der Waals surface area (Å²) in [4.78, 5) is 21.3. The Morgan fingerprint density at radius 1 is 1.10 bits per heavy atom. The number of rotatable bonds is 8. The number of carboxylic acid groups (broad SMARTS) is 1. The Morgan fingerprint density at radius 2 is 1.93 bits per heavy atom. The Hall–Kier alpha value is -3.46. The van der Waals surface area contributed by atoms with Crippen molar-refractivity contribution >= 4 is 11.8 Å². The van der Waals surface area contributed by atoms with Crippen molar-refractivity contribution in [1.82, 2.24) is 9.88 Å². The molecule has 6 rings (SSSR count). The first-order valence-corrected chi connectivity index (χ1v) is 14.6. The van der Waals surface area contributed by atoms with Crippen molar-refractivity contribution in [3.05, 3.63) is 76.3 Å². The number of benzene rings is 2. The molecular formula is C33H39N3O5. The SMILES string of the molecule is CO[C@@H]1CN(c2cccc(-c3cccc(C)c3OCc3ccc4c(c3C)CCN(C3COC3)C4)n2)CC[C@@H]1C(=O)O. The van der Waals surface area contributed by atoms with Crippen LogP contribution >= 0.6 is 0 Å². The van der Waals surface area contributed by atoms with Gasteiger partial charge in [0, 0.05) is 38.9 Å². The molecule has 216 valence electrons. The van der Waals surface area contributed by atoms with E-state index in [1.807, 2.05) is 24.3 Å². The first-order valence-electron chi connectivity index (χ1n) is 14.6. The summed E-state index contributed by atoms with van der Waals surface area (Å²) in [5, 5.41) is 9.56. The molecule has 3 aliphatic heterocycles. The Balaban J connectivity index is 1.20. The summed E-state index contributed by atoms with van der Waals surface area (Å²) in [7, 11) is 1.58. The van der Waals surface area contributed by atoms with Crippen molar-refractivity contribution in [1.29, 1.82) is 0 Å². The molecule has 0 unspecified atom stereocenters. The lowest BCUT2D eigenvalue weighted by Crippen LogP contribution is -2.50. The van der Waals surface area contributed by atoms with Gasteiger partial charge in [0.25, 0.3) is 0 Å². The van der Waals surface area contributed by atoms with Crippen molar-refractivity contribution in [2.45, 2.75) is 52.0 Å². The maximum absolute atomic E-state index is 11.6. The number of hydrogen-bond acceptors (Lipinski definition) is 7. The van der Waals surface area contributed by atoms with Gasteiger partial charge in [0.15, 0.2) is 0 Å². The molecule has 2 fully saturated rings. The fourth-order valence-corrected chi connectivity index (χ4v) is 6.40. The van der Waals surface area contributed by atoms with E-state index in [2.05, 4.69) is 47.9 Å². The Labute approximate surface area is 241 Å². The molecule has 0 saturated carbocycles. The minimum atomic E-state index is -0.806. The van der Waals surface area contributed by atoms with Crippen LogP contribution in [-0.4, -0.2) is 73.1 Å². The fourth-order valence-electron chi connectivity index (χ4n) is 6.40. The van der Waals surface area contributed by atoms with Gasteiger partial charge in [-0.3, -0.25) is 9.69 Å². The standard InChI is InChI=1S/C33H39N3O5/c1-21-6-4-7-27(29-8-5-9-31(34-29)36-15-13-28(33(37)38)30(17-36)39-3)32(21)41-18-24-11-10-23-16-35(25-19-40-20-25)14-12-26(23)22(24)2/h4-11,25,28,30H,12-20H2,1-3H3,(H,37,38)/t28-,30+/m0/s1. The zero-order chi connectivity index (χ0) is 28.5. The van der Waals surface area contributed by atoms with E-state index in [9.17, 15) is 9.90 Å². The Bertz CT molecular complexity index is 1420. The van der Waals surface area contributed by atoms with E-state index < -0.39 is 11.9 Å². The Kier molecular flexibility index (Phi) is 7.97. The van der Waals surface area contributed by atoms with Gasteiger partial charge in [0.05, 0.1) is 37.0 Å². The topological polar surface area (TPSA) is 84.4 Å². The quantitative estimate of drug-likeness (QED) is 0.429. The Morgan fingerprint density at radius 3 is 2.68 bits per heavy atom. The third-order valence-corrected chi connectivity index (χ3v) is 9.06. The number of nitrogens with zero attached hydrogens (tertiary/aromatic N) is 3. The van der Waals surface area contributed by atoms with Crippen molar-refractivity contribution in [2.24, 2.45) is 5.92 Å². The summed E-state index contributed by atoms with van der Waals surface area (Å²) in [6.45, 7) is 9.68. The largest absolute Gasteiger partial charge is 0.488 e. The minimum absolute atomic E-state index is 0.375. The predicted octanol–water partition coefficient (Wildman–Crippen LogP) is 4.63. The van der Waals surface area contributed by atoms with Gasteiger partial charge >= 0.3 is 5.97 Å². The highest BCUT2D eigenvalue weighted by atomic mass is 16.5. The van der Waals surface area contributed by atoms with Gasteiger partial charge in [-0.25, -0.2) is 4.98 Å². The molecule has 0 radical (unpaired) electrons. The van der Waals surface area contributed by atoms with Gasteiger partial charge in [0.2, 0.25) is 0 Å². The van der Waals surface area contributed by atoms with Crippen LogP contribution in [0, 0.1) is 19.8 Å². The van der Waals surface area contributed by atoms with E-state index >= 15 is 0 Å². The van der Waals surface area contributed by atoms with Crippen molar-refractivity contribution < 1.29 is 24.1 Å². The molecule has 8 nitrogen and oxygen atoms in total. The molecule has 8 heteroatoms. The molecule has 3 aliphatic rings. The number of aliphatic carboxylic acids is 1. The highest BCUT2D eigenvalue weighted by Gasteiger charge is 2.35. The zero-order valence-electron chi connectivity index (χ0n) is 24.1. The predicted molar refractivity (Wildman–Crippen MR) is 157 cm³/mol. The summed E-state index contributed by atoms with van der Waals surface area (Å²) in [6, 6.07) is 17.2. The average Bonchev–Trinajstić information content (AvgIpc) is 2.96. The molecule has 2 atom stereocenters. The fraction of sp³-hybridized carbons (Fsp3) is 0.455. The number of anilines is 1. The molecule has 0 bridgehead atoms. The number of pyridine rings is 1. The van der Waals surface area contributed by atoms with Crippen LogP contribution in [0.2, 0.25) is 0 Å². The van der Waals surface area contributed by atoms with E-state index in [1.165, 1.54) is 22.3 Å². The third-order valence-electron chi connectivity index (χ3n) is 9.06. The molecule has 1 aromatic heterocycles. The first kappa shape index (κ1) is 27.7. The highest BCUT2D eigenvalue weighted by Crippen LogP contribution is 2.35. The van der Waals surface area contributed by atoms with E-state index in [-0.39, 0.29) is 6.10 Å². The van der Waals surface area contributed by atoms with E-state index in [1.54, 1.807) is 7.11 Å². The summed E-state index contributed by atoms with van der Waals surface area (Å²) in [5.74, 6) is 0.345. The maximum Gasteiger partial charge on any atom is 0.309 e. The average molecular weight is 558 g/mol. The second-order valence-electron chi connectivity index (χ2n) is 11.5. The molecule has 3 aromatic rings. The lowest BCUT2D eigenvalue weighted by atomic mass is 9.91. The van der Waals surface area contributed by atoms with E-state index in [0.29, 0.717) is 32.2 Å². The molecule has 2 aromatic carbocycles. The normalized spacial score (nSPS) is 21.3.